The zero-order valence-electron chi connectivity index (χ0n) is 11.0. The first-order chi connectivity index (χ1) is 9.25. The van der Waals surface area contributed by atoms with E-state index in [0.717, 1.165) is 5.41 Å². The second-order valence-corrected chi connectivity index (χ2v) is 8.89. The Morgan fingerprint density at radius 2 is 2.05 bits per heavy atom. The van der Waals surface area contributed by atoms with Crippen molar-refractivity contribution in [3.05, 3.63) is 11.5 Å². The number of carbonyl (C=O) groups is 1. The van der Waals surface area contributed by atoms with Crippen molar-refractivity contribution in [2.45, 2.75) is 30.6 Å². The standard InChI is InChI=1S/C11H17NO6S2/c1-18-11(13)9-3-2-4-10(9)20(16,17)12-8-5-6-19(14,15)7-8/h5-6,8-10,12H,2-4,7H2,1H3. The van der Waals surface area contributed by atoms with Crippen LogP contribution >= 0.6 is 0 Å². The Morgan fingerprint density at radius 1 is 1.35 bits per heavy atom. The normalized spacial score (nSPS) is 32.4. The highest BCUT2D eigenvalue weighted by Gasteiger charge is 2.43. The highest BCUT2D eigenvalue weighted by atomic mass is 32.2. The van der Waals surface area contributed by atoms with Crippen LogP contribution in [-0.2, 0) is 29.4 Å². The van der Waals surface area contributed by atoms with E-state index in [9.17, 15) is 21.6 Å². The van der Waals surface area contributed by atoms with Crippen LogP contribution in [0, 0.1) is 5.92 Å². The van der Waals surface area contributed by atoms with Crippen molar-refractivity contribution in [1.29, 1.82) is 0 Å². The maximum absolute atomic E-state index is 12.3. The molecule has 0 amide bonds. The van der Waals surface area contributed by atoms with Crippen molar-refractivity contribution in [3.8, 4) is 0 Å². The largest absolute Gasteiger partial charge is 0.469 e. The molecule has 0 spiro atoms. The van der Waals surface area contributed by atoms with Gasteiger partial charge in [-0.1, -0.05) is 12.5 Å². The van der Waals surface area contributed by atoms with Crippen LogP contribution < -0.4 is 4.72 Å². The van der Waals surface area contributed by atoms with Gasteiger partial charge in [-0.05, 0) is 12.8 Å². The summed E-state index contributed by atoms with van der Waals surface area (Å²) >= 11 is 0. The summed E-state index contributed by atoms with van der Waals surface area (Å²) in [5, 5.41) is 0.152. The number of carbonyl (C=O) groups excluding carboxylic acids is 1. The zero-order valence-corrected chi connectivity index (χ0v) is 12.6. The first-order valence-electron chi connectivity index (χ1n) is 6.25. The summed E-state index contributed by atoms with van der Waals surface area (Å²) in [7, 11) is -5.86. The number of esters is 1. The Morgan fingerprint density at radius 3 is 2.60 bits per heavy atom. The topological polar surface area (TPSA) is 107 Å². The summed E-state index contributed by atoms with van der Waals surface area (Å²) in [5.41, 5.74) is 0. The summed E-state index contributed by atoms with van der Waals surface area (Å²) in [6, 6.07) is -0.760. The van der Waals surface area contributed by atoms with Gasteiger partial charge in [0, 0.05) is 5.41 Å². The van der Waals surface area contributed by atoms with Crippen LogP contribution in [-0.4, -0.2) is 47.0 Å². The van der Waals surface area contributed by atoms with Crippen molar-refractivity contribution in [1.82, 2.24) is 4.72 Å². The van der Waals surface area contributed by atoms with Crippen molar-refractivity contribution in [2.24, 2.45) is 5.92 Å². The number of nitrogens with one attached hydrogen (secondary N) is 1. The zero-order chi connectivity index (χ0) is 15.0. The van der Waals surface area contributed by atoms with E-state index in [0.29, 0.717) is 19.3 Å². The minimum atomic E-state index is -3.76. The van der Waals surface area contributed by atoms with Crippen molar-refractivity contribution in [2.75, 3.05) is 12.9 Å². The molecule has 1 aliphatic heterocycles. The quantitative estimate of drug-likeness (QED) is 0.703. The molecule has 114 valence electrons. The van der Waals surface area contributed by atoms with E-state index in [4.69, 9.17) is 0 Å². The maximum Gasteiger partial charge on any atom is 0.310 e. The van der Waals surface area contributed by atoms with Gasteiger partial charge in [0.1, 0.15) is 0 Å². The lowest BCUT2D eigenvalue weighted by Crippen LogP contribution is -2.44. The summed E-state index contributed by atoms with van der Waals surface area (Å²) in [4.78, 5) is 11.6. The first kappa shape index (κ1) is 15.5. The molecule has 0 radical (unpaired) electrons. The lowest BCUT2D eigenvalue weighted by molar-refractivity contribution is -0.145. The number of hydrogen-bond donors (Lipinski definition) is 1. The molecule has 1 heterocycles. The minimum Gasteiger partial charge on any atom is -0.469 e. The third-order valence-corrected chi connectivity index (χ3v) is 6.99. The number of ether oxygens (including phenoxy) is 1. The first-order valence-corrected chi connectivity index (χ1v) is 9.51. The molecular formula is C11H17NO6S2. The molecule has 0 aromatic rings. The minimum absolute atomic E-state index is 0.276. The Bertz CT molecular complexity index is 621. The predicted molar refractivity (Wildman–Crippen MR) is 71.9 cm³/mol. The molecule has 20 heavy (non-hydrogen) atoms. The van der Waals surface area contributed by atoms with E-state index < -0.39 is 43.0 Å². The van der Waals surface area contributed by atoms with Crippen LogP contribution in [0.4, 0.5) is 0 Å². The molecule has 3 atom stereocenters. The Hall–Kier alpha value is -0.930. The van der Waals surface area contributed by atoms with Crippen LogP contribution in [0.25, 0.3) is 0 Å². The molecule has 0 bridgehead atoms. The lowest BCUT2D eigenvalue weighted by atomic mass is 10.1. The molecule has 1 saturated carbocycles. The molecule has 1 aliphatic carbocycles. The summed E-state index contributed by atoms with van der Waals surface area (Å²) in [6.45, 7) is 0. The van der Waals surface area contributed by atoms with E-state index in [1.165, 1.54) is 13.2 Å². The number of sulfonamides is 1. The highest BCUT2D eigenvalue weighted by Crippen LogP contribution is 2.32. The van der Waals surface area contributed by atoms with Crippen LogP contribution in [0.15, 0.2) is 11.5 Å². The third-order valence-electron chi connectivity index (χ3n) is 3.60. The monoisotopic (exact) mass is 323 g/mol. The third kappa shape index (κ3) is 3.21. The molecule has 2 rings (SSSR count). The van der Waals surface area contributed by atoms with E-state index in [2.05, 4.69) is 9.46 Å². The van der Waals surface area contributed by atoms with E-state index in [1.54, 1.807) is 0 Å². The maximum atomic E-state index is 12.3. The Labute approximate surface area is 118 Å². The van der Waals surface area contributed by atoms with Crippen molar-refractivity contribution >= 4 is 25.8 Å². The Balaban J connectivity index is 2.11. The molecule has 2 aliphatic rings. The summed E-state index contributed by atoms with van der Waals surface area (Å²) < 4.78 is 54.1. The number of sulfone groups is 1. The second kappa shape index (κ2) is 5.45. The van der Waals surface area contributed by atoms with Gasteiger partial charge < -0.3 is 4.74 Å². The molecule has 0 saturated heterocycles. The van der Waals surface area contributed by atoms with Gasteiger partial charge in [0.25, 0.3) is 0 Å². The van der Waals surface area contributed by atoms with E-state index in [-0.39, 0.29) is 5.75 Å². The van der Waals surface area contributed by atoms with Crippen LogP contribution in [0.5, 0.6) is 0 Å². The molecule has 7 nitrogen and oxygen atoms in total. The predicted octanol–water partition coefficient (Wildman–Crippen LogP) is -0.442. The average molecular weight is 323 g/mol. The fraction of sp³-hybridized carbons (Fsp3) is 0.727. The van der Waals surface area contributed by atoms with Gasteiger partial charge in [-0.3, -0.25) is 4.79 Å². The number of methoxy groups -OCH3 is 1. The highest BCUT2D eigenvalue weighted by molar-refractivity contribution is 7.94. The molecule has 1 N–H and O–H groups in total. The van der Waals surface area contributed by atoms with Gasteiger partial charge in [-0.25, -0.2) is 21.6 Å². The van der Waals surface area contributed by atoms with Gasteiger partial charge in [-0.2, -0.15) is 0 Å². The van der Waals surface area contributed by atoms with Gasteiger partial charge in [0.15, 0.2) is 9.84 Å². The summed E-state index contributed by atoms with van der Waals surface area (Å²) in [6.07, 6.45) is 2.79. The van der Waals surface area contributed by atoms with Gasteiger partial charge >= 0.3 is 5.97 Å². The van der Waals surface area contributed by atoms with Crippen molar-refractivity contribution in [3.63, 3.8) is 0 Å². The Kier molecular flexibility index (Phi) is 4.22. The average Bonchev–Trinajstić information content (AvgIpc) is 2.94. The smallest absolute Gasteiger partial charge is 0.310 e. The fourth-order valence-electron chi connectivity index (χ4n) is 2.67. The number of rotatable bonds is 4. The van der Waals surface area contributed by atoms with Gasteiger partial charge in [0.05, 0.1) is 30.1 Å². The van der Waals surface area contributed by atoms with E-state index in [1.807, 2.05) is 0 Å². The van der Waals surface area contributed by atoms with Crippen LogP contribution in [0.2, 0.25) is 0 Å². The summed E-state index contributed by atoms with van der Waals surface area (Å²) in [5.74, 6) is -1.49. The molecule has 0 aromatic carbocycles. The second-order valence-electron chi connectivity index (χ2n) is 5.03. The van der Waals surface area contributed by atoms with Crippen LogP contribution in [0.3, 0.4) is 0 Å². The van der Waals surface area contributed by atoms with Gasteiger partial charge in [0.2, 0.25) is 10.0 Å². The lowest BCUT2D eigenvalue weighted by Gasteiger charge is -2.20. The SMILES string of the molecule is COC(=O)C1CCCC1S(=O)(=O)NC1C=CS(=O)(=O)C1. The van der Waals surface area contributed by atoms with Crippen molar-refractivity contribution < 1.29 is 26.4 Å². The molecule has 1 fully saturated rings. The fourth-order valence-corrected chi connectivity index (χ4v) is 5.92. The van der Waals surface area contributed by atoms with E-state index >= 15 is 0 Å². The van der Waals surface area contributed by atoms with Crippen LogP contribution in [0.1, 0.15) is 19.3 Å². The number of hydrogen-bond acceptors (Lipinski definition) is 6. The molecule has 3 unspecified atom stereocenters. The van der Waals surface area contributed by atoms with Gasteiger partial charge in [-0.15, -0.1) is 0 Å². The molecule has 0 aromatic heterocycles. The molecule has 9 heteroatoms. The molecular weight excluding hydrogens is 306 g/mol.